The Morgan fingerprint density at radius 2 is 1.65 bits per heavy atom. The fraction of sp³-hybridized carbons (Fsp3) is 0.0435. The highest BCUT2D eigenvalue weighted by Gasteiger charge is 2.37. The summed E-state index contributed by atoms with van der Waals surface area (Å²) < 4.78 is 5.03. The summed E-state index contributed by atoms with van der Waals surface area (Å²) in [7, 11) is 0. The van der Waals surface area contributed by atoms with Gasteiger partial charge in [0.25, 0.3) is 17.7 Å². The molecule has 3 amide bonds. The zero-order chi connectivity index (χ0) is 22.1. The molecule has 1 aliphatic rings. The average Bonchev–Trinajstić information content (AvgIpc) is 2.97. The van der Waals surface area contributed by atoms with Crippen LogP contribution in [0.4, 0.5) is 17.1 Å². The second-order valence-corrected chi connectivity index (χ2v) is 6.88. The van der Waals surface area contributed by atoms with Gasteiger partial charge in [0.2, 0.25) is 0 Å². The quantitative estimate of drug-likeness (QED) is 0.292. The lowest BCUT2D eigenvalue weighted by Gasteiger charge is -2.14. The Balaban J connectivity index is 1.60. The summed E-state index contributed by atoms with van der Waals surface area (Å²) in [5.74, 6) is -1.74. The number of imide groups is 1. The van der Waals surface area contributed by atoms with E-state index in [0.717, 1.165) is 4.90 Å². The van der Waals surface area contributed by atoms with Crippen molar-refractivity contribution in [3.8, 4) is 5.75 Å². The molecular formula is C23H17N3O5. The number of carbonyl (C=O) groups excluding carboxylic acids is 4. The third-order valence-electron chi connectivity index (χ3n) is 4.63. The molecule has 8 heteroatoms. The number of fused-ring (bicyclic) bond motifs is 1. The van der Waals surface area contributed by atoms with Crippen LogP contribution in [-0.4, -0.2) is 23.7 Å². The molecule has 0 unspecified atom stereocenters. The molecule has 4 rings (SSSR count). The van der Waals surface area contributed by atoms with Gasteiger partial charge in [0.1, 0.15) is 5.75 Å². The number of ether oxygens (including phenoxy) is 1. The Hall–Kier alpha value is -4.46. The number of nitrogens with one attached hydrogen (secondary N) is 1. The van der Waals surface area contributed by atoms with Gasteiger partial charge in [-0.25, -0.2) is 4.90 Å². The summed E-state index contributed by atoms with van der Waals surface area (Å²) in [5, 5.41) is 2.70. The van der Waals surface area contributed by atoms with E-state index in [2.05, 4.69) is 5.32 Å². The van der Waals surface area contributed by atoms with Crippen molar-refractivity contribution >= 4 is 40.8 Å². The SMILES string of the molecule is CC(=O)Oc1cccc(N2C(=O)c3ccc(NC(=O)c4cccc(N)c4)cc3C2=O)c1. The summed E-state index contributed by atoms with van der Waals surface area (Å²) in [6.45, 7) is 1.26. The number of nitrogen functional groups attached to an aromatic ring is 1. The van der Waals surface area contributed by atoms with Gasteiger partial charge in [0.05, 0.1) is 16.8 Å². The highest BCUT2D eigenvalue weighted by atomic mass is 16.5. The lowest BCUT2D eigenvalue weighted by molar-refractivity contribution is -0.131. The summed E-state index contributed by atoms with van der Waals surface area (Å²) in [6, 6.07) is 17.1. The van der Waals surface area contributed by atoms with Crippen LogP contribution >= 0.6 is 0 Å². The van der Waals surface area contributed by atoms with Gasteiger partial charge in [-0.2, -0.15) is 0 Å². The topological polar surface area (TPSA) is 119 Å². The van der Waals surface area contributed by atoms with Crippen LogP contribution in [0, 0.1) is 0 Å². The number of benzene rings is 3. The predicted octanol–water partition coefficient (Wildman–Crippen LogP) is 3.25. The summed E-state index contributed by atoms with van der Waals surface area (Å²) in [5.41, 5.74) is 7.54. The normalized spacial score (nSPS) is 12.5. The molecule has 3 aromatic carbocycles. The third kappa shape index (κ3) is 3.86. The Morgan fingerprint density at radius 1 is 0.903 bits per heavy atom. The Labute approximate surface area is 177 Å². The molecule has 31 heavy (non-hydrogen) atoms. The number of hydrogen-bond acceptors (Lipinski definition) is 6. The van der Waals surface area contributed by atoms with Crippen molar-refractivity contribution in [2.45, 2.75) is 6.92 Å². The summed E-state index contributed by atoms with van der Waals surface area (Å²) in [4.78, 5) is 50.4. The van der Waals surface area contributed by atoms with E-state index in [4.69, 9.17) is 10.5 Å². The number of nitrogens with two attached hydrogens (primary N) is 1. The highest BCUT2D eigenvalue weighted by molar-refractivity contribution is 6.34. The molecule has 0 spiro atoms. The number of hydrogen-bond donors (Lipinski definition) is 2. The van der Waals surface area contributed by atoms with Gasteiger partial charge in [-0.1, -0.05) is 12.1 Å². The van der Waals surface area contributed by atoms with Crippen LogP contribution in [0.2, 0.25) is 0 Å². The van der Waals surface area contributed by atoms with Gasteiger partial charge in [-0.05, 0) is 48.5 Å². The molecule has 0 fully saturated rings. The first kappa shape index (κ1) is 19.8. The number of anilines is 3. The zero-order valence-electron chi connectivity index (χ0n) is 16.4. The van der Waals surface area contributed by atoms with Gasteiger partial charge < -0.3 is 15.8 Å². The maximum atomic E-state index is 13.0. The summed E-state index contributed by atoms with van der Waals surface area (Å²) >= 11 is 0. The first-order chi connectivity index (χ1) is 14.8. The second-order valence-electron chi connectivity index (χ2n) is 6.88. The predicted molar refractivity (Wildman–Crippen MR) is 114 cm³/mol. The summed E-state index contributed by atoms with van der Waals surface area (Å²) in [6.07, 6.45) is 0. The van der Waals surface area contributed by atoms with Crippen LogP contribution in [-0.2, 0) is 4.79 Å². The average molecular weight is 415 g/mol. The van der Waals surface area contributed by atoms with E-state index < -0.39 is 23.7 Å². The monoisotopic (exact) mass is 415 g/mol. The standard InChI is InChI=1S/C23H17N3O5/c1-13(27)31-18-7-3-6-17(12-18)26-22(29)19-9-8-16(11-20(19)23(26)30)25-21(28)14-4-2-5-15(24)10-14/h2-12H,24H2,1H3,(H,25,28). The van der Waals surface area contributed by atoms with Gasteiger partial charge in [-0.3, -0.25) is 19.2 Å². The molecule has 3 aromatic rings. The van der Waals surface area contributed by atoms with Crippen LogP contribution < -0.4 is 20.7 Å². The largest absolute Gasteiger partial charge is 0.427 e. The van der Waals surface area contributed by atoms with E-state index in [1.807, 2.05) is 0 Å². The molecule has 0 bridgehead atoms. The van der Waals surface area contributed by atoms with Crippen molar-refractivity contribution in [3.05, 3.63) is 83.4 Å². The fourth-order valence-corrected chi connectivity index (χ4v) is 3.29. The maximum Gasteiger partial charge on any atom is 0.308 e. The van der Waals surface area contributed by atoms with E-state index in [0.29, 0.717) is 16.9 Å². The number of rotatable bonds is 4. The Kier molecular flexibility index (Phi) is 4.96. The second kappa shape index (κ2) is 7.75. The van der Waals surface area contributed by atoms with E-state index in [1.54, 1.807) is 42.5 Å². The van der Waals surface area contributed by atoms with Crippen molar-refractivity contribution in [1.82, 2.24) is 0 Å². The lowest BCUT2D eigenvalue weighted by Crippen LogP contribution is -2.29. The van der Waals surface area contributed by atoms with E-state index in [9.17, 15) is 19.2 Å². The third-order valence-corrected chi connectivity index (χ3v) is 4.63. The Morgan fingerprint density at radius 3 is 2.39 bits per heavy atom. The minimum atomic E-state index is -0.542. The van der Waals surface area contributed by atoms with E-state index in [1.165, 1.54) is 31.2 Å². The van der Waals surface area contributed by atoms with E-state index in [-0.39, 0.29) is 22.6 Å². The fourth-order valence-electron chi connectivity index (χ4n) is 3.29. The number of carbonyl (C=O) groups is 4. The molecule has 8 nitrogen and oxygen atoms in total. The van der Waals surface area contributed by atoms with Crippen molar-refractivity contribution < 1.29 is 23.9 Å². The number of nitrogens with zero attached hydrogens (tertiary/aromatic N) is 1. The molecule has 0 saturated heterocycles. The van der Waals surface area contributed by atoms with Crippen molar-refractivity contribution in [1.29, 1.82) is 0 Å². The minimum Gasteiger partial charge on any atom is -0.427 e. The molecule has 0 aliphatic carbocycles. The van der Waals surface area contributed by atoms with Gasteiger partial charge in [0.15, 0.2) is 0 Å². The number of amides is 3. The molecule has 0 atom stereocenters. The van der Waals surface area contributed by atoms with Crippen molar-refractivity contribution in [2.24, 2.45) is 0 Å². The minimum absolute atomic E-state index is 0.160. The van der Waals surface area contributed by atoms with Gasteiger partial charge >= 0.3 is 5.97 Å². The number of esters is 1. The zero-order valence-corrected chi connectivity index (χ0v) is 16.4. The molecule has 3 N–H and O–H groups in total. The van der Waals surface area contributed by atoms with Crippen LogP contribution in [0.25, 0.3) is 0 Å². The first-order valence-electron chi connectivity index (χ1n) is 9.32. The molecule has 0 radical (unpaired) electrons. The first-order valence-corrected chi connectivity index (χ1v) is 9.32. The molecule has 0 saturated carbocycles. The molecular weight excluding hydrogens is 398 g/mol. The van der Waals surface area contributed by atoms with Crippen LogP contribution in [0.5, 0.6) is 5.75 Å². The highest BCUT2D eigenvalue weighted by Crippen LogP contribution is 2.32. The van der Waals surface area contributed by atoms with Crippen LogP contribution in [0.3, 0.4) is 0 Å². The van der Waals surface area contributed by atoms with Crippen LogP contribution in [0.15, 0.2) is 66.7 Å². The van der Waals surface area contributed by atoms with Crippen LogP contribution in [0.1, 0.15) is 38.0 Å². The molecule has 1 heterocycles. The van der Waals surface area contributed by atoms with Crippen molar-refractivity contribution in [3.63, 3.8) is 0 Å². The van der Waals surface area contributed by atoms with Gasteiger partial charge in [-0.15, -0.1) is 0 Å². The maximum absolute atomic E-state index is 13.0. The molecule has 0 aromatic heterocycles. The molecule has 154 valence electrons. The van der Waals surface area contributed by atoms with Crippen molar-refractivity contribution in [2.75, 3.05) is 16.0 Å². The Bertz CT molecular complexity index is 1250. The van der Waals surface area contributed by atoms with E-state index >= 15 is 0 Å². The smallest absolute Gasteiger partial charge is 0.308 e. The lowest BCUT2D eigenvalue weighted by atomic mass is 10.1. The molecule has 1 aliphatic heterocycles. The van der Waals surface area contributed by atoms with Gasteiger partial charge in [0, 0.05) is 29.9 Å².